The van der Waals surface area contributed by atoms with Crippen molar-refractivity contribution in [1.82, 2.24) is 9.80 Å². The van der Waals surface area contributed by atoms with Gasteiger partial charge in [-0.15, -0.1) is 0 Å². The Kier molecular flexibility index (Phi) is 9.29. The van der Waals surface area contributed by atoms with Crippen molar-refractivity contribution in [2.45, 2.75) is 31.9 Å². The van der Waals surface area contributed by atoms with Crippen molar-refractivity contribution in [3.63, 3.8) is 0 Å². The number of amides is 1. The number of hydrogen-bond acceptors (Lipinski definition) is 5. The van der Waals surface area contributed by atoms with Gasteiger partial charge in [-0.25, -0.2) is 0 Å². The number of carbonyl (C=O) groups excluding carboxylic acids is 1. The molecule has 0 radical (unpaired) electrons. The quantitative estimate of drug-likeness (QED) is 0.468. The fourth-order valence-electron chi connectivity index (χ4n) is 5.06. The van der Waals surface area contributed by atoms with Crippen LogP contribution in [0.15, 0.2) is 36.4 Å². The molecule has 2 saturated heterocycles. The number of morpholine rings is 1. The molecule has 1 N–H and O–H groups in total. The van der Waals surface area contributed by atoms with Crippen LogP contribution in [0.3, 0.4) is 0 Å². The second-order valence-electron chi connectivity index (χ2n) is 10.00. The number of rotatable bonds is 7. The van der Waals surface area contributed by atoms with Crippen LogP contribution in [0.25, 0.3) is 0 Å². The molecule has 2 heterocycles. The van der Waals surface area contributed by atoms with Crippen LogP contribution in [0.2, 0.25) is 15.1 Å². The first-order valence-electron chi connectivity index (χ1n) is 12.5. The van der Waals surface area contributed by atoms with Gasteiger partial charge in [-0.1, -0.05) is 40.9 Å². The summed E-state index contributed by atoms with van der Waals surface area (Å²) in [4.78, 5) is 19.7. The van der Waals surface area contributed by atoms with Gasteiger partial charge in [0.1, 0.15) is 0 Å². The molecule has 4 rings (SSSR count). The minimum atomic E-state index is -0.0456. The lowest BCUT2D eigenvalue weighted by Gasteiger charge is -2.39. The van der Waals surface area contributed by atoms with Crippen molar-refractivity contribution in [2.24, 2.45) is 5.92 Å². The smallest absolute Gasteiger partial charge is 0.225 e. The predicted molar refractivity (Wildman–Crippen MR) is 150 cm³/mol. The lowest BCUT2D eigenvalue weighted by molar-refractivity contribution is -0.144. The SMILES string of the molecule is C[C@@H](Nc1cc(N2CCC(C(=O)N3CCO[C@@H](CN(C)C)C3)CC2)ccc1Cl)c1ccc(Cl)cc1Cl. The third kappa shape index (κ3) is 6.78. The van der Waals surface area contributed by atoms with Gasteiger partial charge < -0.3 is 24.8 Å². The second-order valence-corrected chi connectivity index (χ2v) is 11.2. The third-order valence-electron chi connectivity index (χ3n) is 6.98. The molecule has 2 aliphatic rings. The molecule has 1 amide bonds. The standard InChI is InChI=1S/C27H35Cl3N4O2/c1-18(23-6-4-20(28)14-25(23)30)31-26-15-21(5-7-24(26)29)33-10-8-19(9-11-33)27(35)34-12-13-36-22(17-34)16-32(2)3/h4-7,14-15,18-19,22,31H,8-13,16-17H2,1-3H3/t18-,22+/m1/s1. The van der Waals surface area contributed by atoms with Gasteiger partial charge in [0.25, 0.3) is 0 Å². The molecule has 2 aromatic rings. The van der Waals surface area contributed by atoms with Gasteiger partial charge in [0.15, 0.2) is 0 Å². The highest BCUT2D eigenvalue weighted by molar-refractivity contribution is 6.35. The monoisotopic (exact) mass is 552 g/mol. The van der Waals surface area contributed by atoms with Crippen LogP contribution in [0.5, 0.6) is 0 Å². The summed E-state index contributed by atoms with van der Waals surface area (Å²) in [6, 6.07) is 11.5. The molecule has 9 heteroatoms. The highest BCUT2D eigenvalue weighted by Crippen LogP contribution is 2.34. The molecular weight excluding hydrogens is 519 g/mol. The summed E-state index contributed by atoms with van der Waals surface area (Å²) >= 11 is 19.0. The van der Waals surface area contributed by atoms with Crippen molar-refractivity contribution >= 4 is 52.1 Å². The lowest BCUT2D eigenvalue weighted by atomic mass is 9.94. The summed E-state index contributed by atoms with van der Waals surface area (Å²) < 4.78 is 5.85. The maximum atomic E-state index is 13.2. The van der Waals surface area contributed by atoms with E-state index in [0.717, 1.165) is 49.4 Å². The molecule has 6 nitrogen and oxygen atoms in total. The Morgan fingerprint density at radius 3 is 2.53 bits per heavy atom. The Morgan fingerprint density at radius 2 is 1.83 bits per heavy atom. The van der Waals surface area contributed by atoms with Gasteiger partial charge >= 0.3 is 0 Å². The van der Waals surface area contributed by atoms with Gasteiger partial charge in [-0.2, -0.15) is 0 Å². The fraction of sp³-hybridized carbons (Fsp3) is 0.519. The van der Waals surface area contributed by atoms with Crippen molar-refractivity contribution < 1.29 is 9.53 Å². The number of nitrogens with one attached hydrogen (secondary N) is 1. The van der Waals surface area contributed by atoms with E-state index in [4.69, 9.17) is 39.5 Å². The first-order valence-corrected chi connectivity index (χ1v) is 13.7. The van der Waals surface area contributed by atoms with E-state index in [0.29, 0.717) is 34.8 Å². The summed E-state index contributed by atoms with van der Waals surface area (Å²) in [5.74, 6) is 0.338. The number of hydrogen-bond donors (Lipinski definition) is 1. The Bertz CT molecular complexity index is 1060. The molecule has 0 unspecified atom stereocenters. The highest BCUT2D eigenvalue weighted by Gasteiger charge is 2.32. The second kappa shape index (κ2) is 12.2. The largest absolute Gasteiger partial charge is 0.377 e. The molecule has 2 fully saturated rings. The third-order valence-corrected chi connectivity index (χ3v) is 7.87. The van der Waals surface area contributed by atoms with Crippen molar-refractivity contribution in [2.75, 3.05) is 63.6 Å². The van der Waals surface area contributed by atoms with E-state index in [-0.39, 0.29) is 24.0 Å². The topological polar surface area (TPSA) is 48.1 Å². The Balaban J connectivity index is 1.36. The number of ether oxygens (including phenoxy) is 1. The number of benzene rings is 2. The number of halogens is 3. The number of nitrogens with zero attached hydrogens (tertiary/aromatic N) is 3. The predicted octanol–water partition coefficient (Wildman–Crippen LogP) is 5.83. The number of likely N-dealkylation sites (N-methyl/N-ethyl adjacent to an activating group) is 1. The maximum Gasteiger partial charge on any atom is 0.225 e. The van der Waals surface area contributed by atoms with E-state index in [9.17, 15) is 4.79 Å². The van der Waals surface area contributed by atoms with E-state index in [1.54, 1.807) is 6.07 Å². The molecule has 2 aromatic carbocycles. The van der Waals surface area contributed by atoms with Crippen LogP contribution in [-0.2, 0) is 9.53 Å². The van der Waals surface area contributed by atoms with Crippen LogP contribution in [-0.4, -0.2) is 75.2 Å². The highest BCUT2D eigenvalue weighted by atomic mass is 35.5. The van der Waals surface area contributed by atoms with Gasteiger partial charge in [0.05, 0.1) is 29.5 Å². The molecule has 0 aliphatic carbocycles. The summed E-state index contributed by atoms with van der Waals surface area (Å²) in [6.45, 7) is 6.53. The zero-order chi connectivity index (χ0) is 25.8. The summed E-state index contributed by atoms with van der Waals surface area (Å²) in [5.41, 5.74) is 2.91. The van der Waals surface area contributed by atoms with Crippen LogP contribution >= 0.6 is 34.8 Å². The molecule has 36 heavy (non-hydrogen) atoms. The van der Waals surface area contributed by atoms with Crippen molar-refractivity contribution in [1.29, 1.82) is 0 Å². The summed E-state index contributed by atoms with van der Waals surface area (Å²) in [5, 5.41) is 5.38. The van der Waals surface area contributed by atoms with E-state index in [2.05, 4.69) is 21.2 Å². The maximum absolute atomic E-state index is 13.2. The number of anilines is 2. The molecule has 196 valence electrons. The van der Waals surface area contributed by atoms with E-state index in [1.807, 2.05) is 50.2 Å². The summed E-state index contributed by atoms with van der Waals surface area (Å²) in [6.07, 6.45) is 1.77. The summed E-state index contributed by atoms with van der Waals surface area (Å²) in [7, 11) is 4.07. The average Bonchev–Trinajstić information content (AvgIpc) is 2.85. The fourth-order valence-corrected chi connectivity index (χ4v) is 5.81. The average molecular weight is 554 g/mol. The Hall–Kier alpha value is -1.70. The first-order chi connectivity index (χ1) is 17.2. The normalized spacial score (nSPS) is 20.0. The van der Waals surface area contributed by atoms with Crippen LogP contribution in [0, 0.1) is 5.92 Å². The zero-order valence-corrected chi connectivity index (χ0v) is 23.4. The molecule has 0 spiro atoms. The van der Waals surface area contributed by atoms with Crippen LogP contribution < -0.4 is 10.2 Å². The Labute approximate surface area is 229 Å². The first kappa shape index (κ1) is 27.3. The van der Waals surface area contributed by atoms with Crippen molar-refractivity contribution in [3.8, 4) is 0 Å². The molecule has 0 bridgehead atoms. The molecule has 2 atom stereocenters. The van der Waals surface area contributed by atoms with Gasteiger partial charge in [0, 0.05) is 54.4 Å². The van der Waals surface area contributed by atoms with Crippen LogP contribution in [0.1, 0.15) is 31.4 Å². The van der Waals surface area contributed by atoms with Gasteiger partial charge in [-0.3, -0.25) is 4.79 Å². The number of piperidine rings is 1. The van der Waals surface area contributed by atoms with E-state index < -0.39 is 0 Å². The van der Waals surface area contributed by atoms with Crippen LogP contribution in [0.4, 0.5) is 11.4 Å². The molecule has 0 saturated carbocycles. The van der Waals surface area contributed by atoms with E-state index in [1.165, 1.54) is 0 Å². The molecule has 0 aromatic heterocycles. The Morgan fingerprint density at radius 1 is 1.08 bits per heavy atom. The number of carbonyl (C=O) groups is 1. The zero-order valence-electron chi connectivity index (χ0n) is 21.1. The van der Waals surface area contributed by atoms with Gasteiger partial charge in [-0.05, 0) is 69.8 Å². The molecular formula is C27H35Cl3N4O2. The van der Waals surface area contributed by atoms with Gasteiger partial charge in [0.2, 0.25) is 5.91 Å². The minimum absolute atomic E-state index is 0.0456. The minimum Gasteiger partial charge on any atom is -0.377 e. The van der Waals surface area contributed by atoms with Crippen molar-refractivity contribution in [3.05, 3.63) is 57.0 Å². The lowest BCUT2D eigenvalue weighted by Crippen LogP contribution is -2.51. The molecule has 2 aliphatic heterocycles. The van der Waals surface area contributed by atoms with E-state index >= 15 is 0 Å².